The van der Waals surface area contributed by atoms with Gasteiger partial charge in [0.1, 0.15) is 12.3 Å². The predicted molar refractivity (Wildman–Crippen MR) is 120 cm³/mol. The lowest BCUT2D eigenvalue weighted by molar-refractivity contribution is -0.127. The third kappa shape index (κ3) is 4.85. The maximum absolute atomic E-state index is 13.5. The molecule has 0 saturated carbocycles. The number of methoxy groups -OCH3 is 2. The molecule has 2 aliphatic rings. The normalized spacial score (nSPS) is 19.2. The van der Waals surface area contributed by atoms with E-state index in [0.29, 0.717) is 36.7 Å². The molecule has 31 heavy (non-hydrogen) atoms. The number of ether oxygens (including phenoxy) is 2. The molecular weight excluding hydrogens is 396 g/mol. The molecule has 2 aliphatic heterocycles. The highest BCUT2D eigenvalue weighted by atomic mass is 16.5. The molecule has 0 N–H and O–H groups in total. The number of nitrogens with zero attached hydrogens (tertiary/aromatic N) is 4. The molecule has 8 heteroatoms. The highest BCUT2D eigenvalue weighted by Crippen LogP contribution is 2.41. The maximum Gasteiger partial charge on any atom is 0.256 e. The summed E-state index contributed by atoms with van der Waals surface area (Å²) in [6, 6.07) is 3.17. The van der Waals surface area contributed by atoms with Crippen molar-refractivity contribution in [3.63, 3.8) is 0 Å². The van der Waals surface area contributed by atoms with Gasteiger partial charge in [0.05, 0.1) is 19.8 Å². The van der Waals surface area contributed by atoms with Crippen LogP contribution in [0, 0.1) is 0 Å². The second-order valence-electron chi connectivity index (χ2n) is 8.19. The number of hydrogen-bond donors (Lipinski definition) is 0. The van der Waals surface area contributed by atoms with Crippen molar-refractivity contribution in [3.05, 3.63) is 29.5 Å². The highest BCUT2D eigenvalue weighted by Gasteiger charge is 2.33. The van der Waals surface area contributed by atoms with E-state index < -0.39 is 6.04 Å². The van der Waals surface area contributed by atoms with Crippen LogP contribution in [0.5, 0.6) is 11.5 Å². The van der Waals surface area contributed by atoms with Crippen molar-refractivity contribution in [1.29, 1.82) is 0 Å². The summed E-state index contributed by atoms with van der Waals surface area (Å²) in [5.74, 6) is 1.08. The molecule has 0 spiro atoms. The summed E-state index contributed by atoms with van der Waals surface area (Å²) >= 11 is 0. The van der Waals surface area contributed by atoms with Gasteiger partial charge >= 0.3 is 0 Å². The Morgan fingerprint density at radius 2 is 1.77 bits per heavy atom. The number of benzene rings is 1. The van der Waals surface area contributed by atoms with Gasteiger partial charge in [-0.15, -0.1) is 0 Å². The van der Waals surface area contributed by atoms with Crippen LogP contribution in [0.2, 0.25) is 0 Å². The van der Waals surface area contributed by atoms with Crippen molar-refractivity contribution in [3.8, 4) is 11.5 Å². The second-order valence-corrected chi connectivity index (χ2v) is 8.19. The number of rotatable bonds is 8. The number of hydrogen-bond acceptors (Lipinski definition) is 7. The lowest BCUT2D eigenvalue weighted by Crippen LogP contribution is -2.50. The van der Waals surface area contributed by atoms with E-state index in [0.717, 1.165) is 43.6 Å². The number of aldehydes is 1. The average molecular weight is 431 g/mol. The van der Waals surface area contributed by atoms with Crippen molar-refractivity contribution in [2.24, 2.45) is 0 Å². The van der Waals surface area contributed by atoms with Crippen LogP contribution in [0.15, 0.2) is 18.3 Å². The van der Waals surface area contributed by atoms with E-state index in [9.17, 15) is 9.59 Å². The summed E-state index contributed by atoms with van der Waals surface area (Å²) in [5.41, 5.74) is 2.10. The summed E-state index contributed by atoms with van der Waals surface area (Å²) in [4.78, 5) is 33.8. The molecule has 2 heterocycles. The van der Waals surface area contributed by atoms with Crippen molar-refractivity contribution < 1.29 is 19.1 Å². The number of carbonyl (C=O) groups excluding carboxylic acids is 2. The molecule has 1 amide bonds. The molecule has 1 atom stereocenters. The Kier molecular flexibility index (Phi) is 7.56. The minimum atomic E-state index is -0.459. The smallest absolute Gasteiger partial charge is 0.256 e. The molecule has 0 aliphatic carbocycles. The van der Waals surface area contributed by atoms with Gasteiger partial charge in [0.2, 0.25) is 0 Å². The molecule has 0 aromatic heterocycles. The molecule has 3 rings (SSSR count). The van der Waals surface area contributed by atoms with E-state index in [1.165, 1.54) is 0 Å². The van der Waals surface area contributed by atoms with Gasteiger partial charge in [-0.25, -0.2) is 0 Å². The minimum Gasteiger partial charge on any atom is -0.493 e. The molecule has 1 aromatic carbocycles. The Morgan fingerprint density at radius 3 is 2.32 bits per heavy atom. The molecular formula is C23H34N4O4. The number of carbonyl (C=O) groups is 2. The molecule has 170 valence electrons. The Balaban J connectivity index is 1.88. The van der Waals surface area contributed by atoms with E-state index in [-0.39, 0.29) is 5.91 Å². The van der Waals surface area contributed by atoms with E-state index >= 15 is 0 Å². The van der Waals surface area contributed by atoms with Crippen LogP contribution in [0.1, 0.15) is 24.1 Å². The largest absolute Gasteiger partial charge is 0.493 e. The minimum absolute atomic E-state index is 0.0106. The molecule has 1 fully saturated rings. The number of piperazine rings is 1. The molecule has 1 unspecified atom stereocenters. The van der Waals surface area contributed by atoms with E-state index in [2.05, 4.69) is 23.9 Å². The fourth-order valence-electron chi connectivity index (χ4n) is 4.16. The van der Waals surface area contributed by atoms with Crippen molar-refractivity contribution in [2.45, 2.75) is 13.0 Å². The number of amides is 1. The van der Waals surface area contributed by atoms with E-state index in [1.807, 2.05) is 35.1 Å². The van der Waals surface area contributed by atoms with Crippen molar-refractivity contribution in [1.82, 2.24) is 19.6 Å². The van der Waals surface area contributed by atoms with Crippen LogP contribution in [0.4, 0.5) is 0 Å². The van der Waals surface area contributed by atoms with Crippen molar-refractivity contribution >= 4 is 17.8 Å². The van der Waals surface area contributed by atoms with Crippen LogP contribution >= 0.6 is 0 Å². The van der Waals surface area contributed by atoms with Crippen LogP contribution in [-0.2, 0) is 9.59 Å². The van der Waals surface area contributed by atoms with Gasteiger partial charge in [0, 0.05) is 52.0 Å². The monoisotopic (exact) mass is 430 g/mol. The topological polar surface area (TPSA) is 65.6 Å². The number of likely N-dealkylation sites (N-methyl/N-ethyl adjacent to an activating group) is 2. The van der Waals surface area contributed by atoms with Gasteiger partial charge in [0.25, 0.3) is 5.91 Å². The fraction of sp³-hybridized carbons (Fsp3) is 0.565. The Morgan fingerprint density at radius 1 is 1.13 bits per heavy atom. The van der Waals surface area contributed by atoms with Crippen LogP contribution in [-0.4, -0.2) is 106 Å². The summed E-state index contributed by atoms with van der Waals surface area (Å²) in [5, 5.41) is 0. The average Bonchev–Trinajstić information content (AvgIpc) is 2.80. The fourth-order valence-corrected chi connectivity index (χ4v) is 4.16. The molecule has 0 radical (unpaired) electrons. The number of fused-ring (bicyclic) bond motifs is 1. The third-order valence-electron chi connectivity index (χ3n) is 6.06. The molecule has 8 nitrogen and oxygen atoms in total. The van der Waals surface area contributed by atoms with Gasteiger partial charge in [0.15, 0.2) is 11.5 Å². The zero-order chi connectivity index (χ0) is 22.5. The van der Waals surface area contributed by atoms with Crippen LogP contribution < -0.4 is 9.47 Å². The Bertz CT molecular complexity index is 831. The molecule has 1 aromatic rings. The Labute approximate surface area is 185 Å². The first-order valence-corrected chi connectivity index (χ1v) is 10.8. The van der Waals surface area contributed by atoms with Gasteiger partial charge in [-0.1, -0.05) is 0 Å². The summed E-state index contributed by atoms with van der Waals surface area (Å²) in [6.45, 7) is 7.70. The van der Waals surface area contributed by atoms with Gasteiger partial charge in [-0.3, -0.25) is 9.69 Å². The first-order valence-electron chi connectivity index (χ1n) is 10.8. The highest BCUT2D eigenvalue weighted by molar-refractivity contribution is 6.20. The SMILES string of the molecule is CCN1C=C(C(=O)N2CCN(CCN(C)C)CC2)c2cc(OC)c(OC)cc2C1C=O. The maximum atomic E-state index is 13.5. The zero-order valence-corrected chi connectivity index (χ0v) is 19.3. The van der Waals surface area contributed by atoms with E-state index in [1.54, 1.807) is 14.2 Å². The van der Waals surface area contributed by atoms with Crippen LogP contribution in [0.25, 0.3) is 5.57 Å². The molecule has 0 bridgehead atoms. The van der Waals surface area contributed by atoms with Gasteiger partial charge < -0.3 is 29.0 Å². The first kappa shape index (κ1) is 23.1. The third-order valence-corrected chi connectivity index (χ3v) is 6.06. The Hall–Kier alpha value is -2.58. The lowest BCUT2D eigenvalue weighted by Gasteiger charge is -2.38. The second kappa shape index (κ2) is 10.2. The summed E-state index contributed by atoms with van der Waals surface area (Å²) in [6.07, 6.45) is 2.74. The standard InChI is InChI=1S/C23H34N4O4/c1-6-26-15-19(23(29)27-11-9-25(10-12-27)8-7-24(2)3)17-13-21(30-4)22(31-5)14-18(17)20(26)16-28/h13-16,20H,6-12H2,1-5H3. The zero-order valence-electron chi connectivity index (χ0n) is 19.3. The summed E-state index contributed by atoms with van der Waals surface area (Å²) < 4.78 is 10.9. The van der Waals surface area contributed by atoms with Gasteiger partial charge in [-0.2, -0.15) is 0 Å². The predicted octanol–water partition coefficient (Wildman–Crippen LogP) is 1.33. The van der Waals surface area contributed by atoms with Crippen LogP contribution in [0.3, 0.4) is 0 Å². The first-order chi connectivity index (χ1) is 14.9. The summed E-state index contributed by atoms with van der Waals surface area (Å²) in [7, 11) is 7.28. The van der Waals surface area contributed by atoms with Crippen molar-refractivity contribution in [2.75, 3.05) is 74.1 Å². The van der Waals surface area contributed by atoms with E-state index in [4.69, 9.17) is 9.47 Å². The molecule has 1 saturated heterocycles. The quantitative estimate of drug-likeness (QED) is 0.577. The lowest BCUT2D eigenvalue weighted by atomic mass is 9.90. The van der Waals surface area contributed by atoms with Gasteiger partial charge in [-0.05, 0) is 44.3 Å².